The van der Waals surface area contributed by atoms with Crippen molar-refractivity contribution in [3.8, 4) is 0 Å². The maximum absolute atomic E-state index is 6.08. The summed E-state index contributed by atoms with van der Waals surface area (Å²) < 4.78 is 6.08. The van der Waals surface area contributed by atoms with Gasteiger partial charge in [0.25, 0.3) is 0 Å². The highest BCUT2D eigenvalue weighted by molar-refractivity contribution is 5.41. The first-order valence-electron chi connectivity index (χ1n) is 10.2. The number of anilines is 1. The minimum absolute atomic E-state index is 0.325. The lowest BCUT2D eigenvalue weighted by Crippen LogP contribution is -2.48. The van der Waals surface area contributed by atoms with Gasteiger partial charge in [-0.15, -0.1) is 0 Å². The van der Waals surface area contributed by atoms with E-state index in [-0.39, 0.29) is 0 Å². The molecule has 1 unspecified atom stereocenters. The molecule has 0 spiro atoms. The van der Waals surface area contributed by atoms with Crippen LogP contribution in [-0.4, -0.2) is 55.2 Å². The van der Waals surface area contributed by atoms with Gasteiger partial charge < -0.3 is 15.4 Å². The van der Waals surface area contributed by atoms with E-state index in [9.17, 15) is 0 Å². The summed E-state index contributed by atoms with van der Waals surface area (Å²) in [6, 6.07) is 19.2. The molecule has 0 saturated carbocycles. The zero-order chi connectivity index (χ0) is 18.5. The molecule has 0 radical (unpaired) electrons. The van der Waals surface area contributed by atoms with E-state index >= 15 is 0 Å². The Morgan fingerprint density at radius 2 is 1.74 bits per heavy atom. The zero-order valence-electron chi connectivity index (χ0n) is 16.1. The Morgan fingerprint density at radius 3 is 2.52 bits per heavy atom. The van der Waals surface area contributed by atoms with Crippen molar-refractivity contribution < 1.29 is 4.74 Å². The highest BCUT2D eigenvalue weighted by Crippen LogP contribution is 2.29. The molecular weight excluding hydrogens is 334 g/mol. The van der Waals surface area contributed by atoms with Crippen LogP contribution >= 0.6 is 0 Å². The third kappa shape index (κ3) is 5.10. The second-order valence-electron chi connectivity index (χ2n) is 7.96. The van der Waals surface area contributed by atoms with Crippen LogP contribution in [-0.2, 0) is 11.3 Å². The molecule has 0 aliphatic carbocycles. The van der Waals surface area contributed by atoms with Crippen LogP contribution in [0.4, 0.5) is 5.69 Å². The molecule has 2 aliphatic rings. The Labute approximate surface area is 162 Å². The molecule has 2 N–H and O–H groups in total. The standard InChI is InChI=1S/C23H31N3O/c24-22-8-4-7-21(15-22)20-9-11-25(12-10-20)17-23-18-26(13-14-27-23)16-19-5-2-1-3-6-19/h1-8,15,20,23H,9-14,16-18,24H2. The Hall–Kier alpha value is -1.88. The number of nitrogens with zero attached hydrogens (tertiary/aromatic N) is 2. The first-order chi connectivity index (χ1) is 13.3. The predicted molar refractivity (Wildman–Crippen MR) is 111 cm³/mol. The zero-order valence-corrected chi connectivity index (χ0v) is 16.1. The average molecular weight is 366 g/mol. The minimum Gasteiger partial charge on any atom is -0.399 e. The van der Waals surface area contributed by atoms with Gasteiger partial charge >= 0.3 is 0 Å². The van der Waals surface area contributed by atoms with Gasteiger partial charge in [-0.05, 0) is 55.1 Å². The van der Waals surface area contributed by atoms with Crippen LogP contribution < -0.4 is 5.73 Å². The molecule has 2 saturated heterocycles. The number of nitrogen functional groups attached to an aromatic ring is 1. The number of nitrogens with two attached hydrogens (primary N) is 1. The number of likely N-dealkylation sites (tertiary alicyclic amines) is 1. The normalized spacial score (nSPS) is 22.7. The van der Waals surface area contributed by atoms with Gasteiger partial charge in [-0.3, -0.25) is 4.90 Å². The van der Waals surface area contributed by atoms with E-state index in [1.165, 1.54) is 24.0 Å². The number of ether oxygens (including phenoxy) is 1. The number of rotatable bonds is 5. The van der Waals surface area contributed by atoms with Crippen molar-refractivity contribution in [3.63, 3.8) is 0 Å². The van der Waals surface area contributed by atoms with Gasteiger partial charge in [-0.2, -0.15) is 0 Å². The molecule has 1 atom stereocenters. The third-order valence-electron chi connectivity index (χ3n) is 5.90. The Balaban J connectivity index is 1.25. The molecule has 4 heteroatoms. The van der Waals surface area contributed by atoms with Gasteiger partial charge in [0.05, 0.1) is 12.7 Å². The second-order valence-corrected chi connectivity index (χ2v) is 7.96. The summed E-state index contributed by atoms with van der Waals surface area (Å²) in [6.45, 7) is 7.29. The van der Waals surface area contributed by atoms with Gasteiger partial charge in [0.2, 0.25) is 0 Å². The maximum atomic E-state index is 6.08. The first-order valence-corrected chi connectivity index (χ1v) is 10.2. The van der Waals surface area contributed by atoms with Crippen LogP contribution in [0.2, 0.25) is 0 Å². The fourth-order valence-electron chi connectivity index (χ4n) is 4.43. The summed E-state index contributed by atoms with van der Waals surface area (Å²) in [7, 11) is 0. The molecule has 4 nitrogen and oxygen atoms in total. The molecular formula is C23H31N3O. The number of benzene rings is 2. The maximum Gasteiger partial charge on any atom is 0.0829 e. The molecule has 2 aromatic rings. The van der Waals surface area contributed by atoms with Crippen LogP contribution in [0.25, 0.3) is 0 Å². The molecule has 2 fully saturated rings. The first kappa shape index (κ1) is 18.5. The van der Waals surface area contributed by atoms with Crippen molar-refractivity contribution in [1.29, 1.82) is 0 Å². The second kappa shape index (κ2) is 8.87. The molecule has 0 amide bonds. The van der Waals surface area contributed by atoms with E-state index in [1.807, 2.05) is 6.07 Å². The summed E-state index contributed by atoms with van der Waals surface area (Å²) in [4.78, 5) is 5.11. The summed E-state index contributed by atoms with van der Waals surface area (Å²) in [5.41, 5.74) is 9.62. The molecule has 27 heavy (non-hydrogen) atoms. The number of hydrogen-bond donors (Lipinski definition) is 1. The van der Waals surface area contributed by atoms with Crippen molar-refractivity contribution in [2.45, 2.75) is 31.4 Å². The van der Waals surface area contributed by atoms with Crippen molar-refractivity contribution >= 4 is 5.69 Å². The quantitative estimate of drug-likeness (QED) is 0.825. The lowest BCUT2D eigenvalue weighted by Gasteiger charge is -2.38. The van der Waals surface area contributed by atoms with Gasteiger partial charge in [0, 0.05) is 31.9 Å². The SMILES string of the molecule is Nc1cccc(C2CCN(CC3CN(Cc4ccccc4)CCO3)CC2)c1. The molecule has 2 aliphatic heterocycles. The Morgan fingerprint density at radius 1 is 0.926 bits per heavy atom. The molecule has 144 valence electrons. The van der Waals surface area contributed by atoms with Crippen LogP contribution in [0.5, 0.6) is 0 Å². The van der Waals surface area contributed by atoms with Crippen LogP contribution in [0.3, 0.4) is 0 Å². The lowest BCUT2D eigenvalue weighted by atomic mass is 9.89. The number of hydrogen-bond acceptors (Lipinski definition) is 4. The fraction of sp³-hybridized carbons (Fsp3) is 0.478. The highest BCUT2D eigenvalue weighted by Gasteiger charge is 2.26. The fourth-order valence-corrected chi connectivity index (χ4v) is 4.43. The highest BCUT2D eigenvalue weighted by atomic mass is 16.5. The molecule has 0 bridgehead atoms. The van der Waals surface area contributed by atoms with Crippen LogP contribution in [0.15, 0.2) is 54.6 Å². The van der Waals surface area contributed by atoms with Crippen LogP contribution in [0.1, 0.15) is 29.9 Å². The van der Waals surface area contributed by atoms with Gasteiger partial charge in [-0.1, -0.05) is 42.5 Å². The topological polar surface area (TPSA) is 41.7 Å². The predicted octanol–water partition coefficient (Wildman–Crippen LogP) is 3.35. The smallest absolute Gasteiger partial charge is 0.0829 e. The van der Waals surface area contributed by atoms with E-state index in [1.54, 1.807) is 0 Å². The summed E-state index contributed by atoms with van der Waals surface area (Å²) >= 11 is 0. The van der Waals surface area contributed by atoms with Crippen molar-refractivity contribution in [2.75, 3.05) is 45.1 Å². The van der Waals surface area contributed by atoms with Crippen molar-refractivity contribution in [1.82, 2.24) is 9.80 Å². The molecule has 4 rings (SSSR count). The van der Waals surface area contributed by atoms with Gasteiger partial charge in [-0.25, -0.2) is 0 Å². The van der Waals surface area contributed by atoms with Crippen molar-refractivity contribution in [2.24, 2.45) is 0 Å². The largest absolute Gasteiger partial charge is 0.399 e. The van der Waals surface area contributed by atoms with E-state index in [0.717, 1.165) is 51.6 Å². The monoisotopic (exact) mass is 365 g/mol. The molecule has 0 aromatic heterocycles. The van der Waals surface area contributed by atoms with E-state index in [2.05, 4.69) is 58.3 Å². The Bertz CT molecular complexity index is 713. The van der Waals surface area contributed by atoms with Gasteiger partial charge in [0.1, 0.15) is 0 Å². The van der Waals surface area contributed by atoms with Crippen LogP contribution in [0, 0.1) is 0 Å². The number of morpholine rings is 1. The average Bonchev–Trinajstić information content (AvgIpc) is 2.70. The van der Waals surface area contributed by atoms with Crippen molar-refractivity contribution in [3.05, 3.63) is 65.7 Å². The molecule has 2 heterocycles. The summed E-state index contributed by atoms with van der Waals surface area (Å²) in [6.07, 6.45) is 2.75. The summed E-state index contributed by atoms with van der Waals surface area (Å²) in [5, 5.41) is 0. The Kier molecular flexibility index (Phi) is 6.07. The minimum atomic E-state index is 0.325. The van der Waals surface area contributed by atoms with Gasteiger partial charge in [0.15, 0.2) is 0 Å². The summed E-state index contributed by atoms with van der Waals surface area (Å²) in [5.74, 6) is 0.645. The number of piperidine rings is 1. The molecule has 2 aromatic carbocycles. The van der Waals surface area contributed by atoms with E-state index in [4.69, 9.17) is 10.5 Å². The van der Waals surface area contributed by atoms with E-state index < -0.39 is 0 Å². The third-order valence-corrected chi connectivity index (χ3v) is 5.90. The van der Waals surface area contributed by atoms with E-state index in [0.29, 0.717) is 12.0 Å². The lowest BCUT2D eigenvalue weighted by molar-refractivity contribution is -0.0482.